The van der Waals surface area contributed by atoms with Crippen molar-refractivity contribution in [3.8, 4) is 0 Å². The van der Waals surface area contributed by atoms with Crippen molar-refractivity contribution >= 4 is 39.8 Å². The average molecular weight is 310 g/mol. The molecule has 6 heteroatoms. The van der Waals surface area contributed by atoms with Crippen LogP contribution in [0.3, 0.4) is 0 Å². The SMILES string of the molecule is O=C(O)c1cc2ccc(F)cc2n1Cc1ccc(Cl)s1. The minimum atomic E-state index is -1.04. The number of aromatic carboxylic acids is 1. The van der Waals surface area contributed by atoms with E-state index in [1.165, 1.54) is 23.5 Å². The fourth-order valence-electron chi connectivity index (χ4n) is 2.17. The highest BCUT2D eigenvalue weighted by atomic mass is 35.5. The Morgan fingerprint density at radius 1 is 1.30 bits per heavy atom. The second-order valence-electron chi connectivity index (χ2n) is 4.33. The van der Waals surface area contributed by atoms with Crippen molar-refractivity contribution in [2.75, 3.05) is 0 Å². The summed E-state index contributed by atoms with van der Waals surface area (Å²) in [7, 11) is 0. The van der Waals surface area contributed by atoms with Crippen molar-refractivity contribution in [3.05, 3.63) is 57.1 Å². The number of halogens is 2. The van der Waals surface area contributed by atoms with Gasteiger partial charge in [0.15, 0.2) is 0 Å². The number of benzene rings is 1. The number of carboxylic acid groups (broad SMARTS) is 1. The number of nitrogens with zero attached hydrogens (tertiary/aromatic N) is 1. The van der Waals surface area contributed by atoms with Gasteiger partial charge in [0.2, 0.25) is 0 Å². The molecule has 0 unspecified atom stereocenters. The third-order valence-corrected chi connectivity index (χ3v) is 4.24. The van der Waals surface area contributed by atoms with Gasteiger partial charge in [-0.25, -0.2) is 9.18 Å². The summed E-state index contributed by atoms with van der Waals surface area (Å²) < 4.78 is 15.6. The summed E-state index contributed by atoms with van der Waals surface area (Å²) in [5.74, 6) is -1.43. The number of aromatic nitrogens is 1. The second kappa shape index (κ2) is 4.92. The van der Waals surface area contributed by atoms with Crippen LogP contribution >= 0.6 is 22.9 Å². The van der Waals surface area contributed by atoms with Crippen LogP contribution in [0.15, 0.2) is 36.4 Å². The highest BCUT2D eigenvalue weighted by Gasteiger charge is 2.16. The van der Waals surface area contributed by atoms with E-state index in [4.69, 9.17) is 11.6 Å². The Balaban J connectivity index is 2.17. The van der Waals surface area contributed by atoms with E-state index in [2.05, 4.69) is 0 Å². The zero-order valence-electron chi connectivity index (χ0n) is 10.1. The van der Waals surface area contributed by atoms with Crippen LogP contribution in [0.4, 0.5) is 4.39 Å². The molecule has 2 heterocycles. The van der Waals surface area contributed by atoms with Crippen LogP contribution in [0.5, 0.6) is 0 Å². The van der Waals surface area contributed by atoms with Gasteiger partial charge in [-0.15, -0.1) is 11.3 Å². The van der Waals surface area contributed by atoms with E-state index < -0.39 is 11.8 Å². The maximum absolute atomic E-state index is 13.4. The monoisotopic (exact) mass is 309 g/mol. The lowest BCUT2D eigenvalue weighted by atomic mass is 10.2. The first-order valence-electron chi connectivity index (χ1n) is 5.81. The molecule has 0 atom stereocenters. The highest BCUT2D eigenvalue weighted by molar-refractivity contribution is 7.16. The molecular weight excluding hydrogens is 301 g/mol. The van der Waals surface area contributed by atoms with Gasteiger partial charge in [-0.3, -0.25) is 0 Å². The van der Waals surface area contributed by atoms with Crippen molar-refractivity contribution in [3.63, 3.8) is 0 Å². The van der Waals surface area contributed by atoms with Gasteiger partial charge in [0, 0.05) is 10.3 Å². The van der Waals surface area contributed by atoms with Crippen molar-refractivity contribution in [1.29, 1.82) is 0 Å². The molecule has 0 aliphatic carbocycles. The van der Waals surface area contributed by atoms with Gasteiger partial charge in [0.1, 0.15) is 11.5 Å². The molecule has 0 aliphatic heterocycles. The molecule has 2 aromatic heterocycles. The van der Waals surface area contributed by atoms with Gasteiger partial charge < -0.3 is 9.67 Å². The highest BCUT2D eigenvalue weighted by Crippen LogP contribution is 2.26. The summed E-state index contributed by atoms with van der Waals surface area (Å²) in [6.07, 6.45) is 0. The van der Waals surface area contributed by atoms with Gasteiger partial charge in [-0.2, -0.15) is 0 Å². The van der Waals surface area contributed by atoms with Crippen LogP contribution in [-0.2, 0) is 6.54 Å². The lowest BCUT2D eigenvalue weighted by molar-refractivity contribution is 0.0686. The molecule has 1 aromatic carbocycles. The molecule has 0 radical (unpaired) electrons. The summed E-state index contributed by atoms with van der Waals surface area (Å²) >= 11 is 7.26. The second-order valence-corrected chi connectivity index (χ2v) is 6.13. The van der Waals surface area contributed by atoms with E-state index in [1.54, 1.807) is 22.8 Å². The van der Waals surface area contributed by atoms with Crippen molar-refractivity contribution in [2.24, 2.45) is 0 Å². The van der Waals surface area contributed by atoms with E-state index >= 15 is 0 Å². The molecule has 0 saturated carbocycles. The zero-order chi connectivity index (χ0) is 14.3. The van der Waals surface area contributed by atoms with Crippen molar-refractivity contribution in [1.82, 2.24) is 4.57 Å². The Kier molecular flexibility index (Phi) is 3.23. The van der Waals surface area contributed by atoms with E-state index in [-0.39, 0.29) is 5.69 Å². The summed E-state index contributed by atoms with van der Waals surface area (Å²) in [5, 5.41) is 9.98. The average Bonchev–Trinajstić information content (AvgIpc) is 2.95. The van der Waals surface area contributed by atoms with Gasteiger partial charge in [0.05, 0.1) is 16.4 Å². The predicted molar refractivity (Wildman–Crippen MR) is 77.3 cm³/mol. The number of fused-ring (bicyclic) bond motifs is 1. The molecule has 0 saturated heterocycles. The van der Waals surface area contributed by atoms with Crippen LogP contribution < -0.4 is 0 Å². The molecule has 3 aromatic rings. The summed E-state index contributed by atoms with van der Waals surface area (Å²) in [4.78, 5) is 12.3. The molecule has 0 bridgehead atoms. The molecular formula is C14H9ClFNO2S. The minimum absolute atomic E-state index is 0.134. The van der Waals surface area contributed by atoms with Gasteiger partial charge >= 0.3 is 5.97 Å². The van der Waals surface area contributed by atoms with E-state index in [0.717, 1.165) is 4.88 Å². The molecule has 1 N–H and O–H groups in total. The maximum Gasteiger partial charge on any atom is 0.352 e. The number of carbonyl (C=O) groups is 1. The molecule has 0 aliphatic rings. The summed E-state index contributed by atoms with van der Waals surface area (Å²) in [5.41, 5.74) is 0.696. The van der Waals surface area contributed by atoms with Gasteiger partial charge in [0.25, 0.3) is 0 Å². The van der Waals surface area contributed by atoms with Crippen molar-refractivity contribution in [2.45, 2.75) is 6.54 Å². The first-order chi connectivity index (χ1) is 9.54. The van der Waals surface area contributed by atoms with Crippen LogP contribution in [0, 0.1) is 5.82 Å². The Morgan fingerprint density at radius 3 is 2.75 bits per heavy atom. The Morgan fingerprint density at radius 2 is 2.10 bits per heavy atom. The maximum atomic E-state index is 13.4. The first kappa shape index (κ1) is 13.1. The van der Waals surface area contributed by atoms with Gasteiger partial charge in [-0.05, 0) is 36.4 Å². The Hall–Kier alpha value is -1.85. The largest absolute Gasteiger partial charge is 0.477 e. The molecule has 20 heavy (non-hydrogen) atoms. The molecule has 102 valence electrons. The molecule has 0 amide bonds. The summed E-state index contributed by atoms with van der Waals surface area (Å²) in [6.45, 7) is 0.353. The number of carboxylic acids is 1. The fraction of sp³-hybridized carbons (Fsp3) is 0.0714. The van der Waals surface area contributed by atoms with Crippen LogP contribution in [0.1, 0.15) is 15.4 Å². The quantitative estimate of drug-likeness (QED) is 0.786. The van der Waals surface area contributed by atoms with Crippen LogP contribution in [0.2, 0.25) is 4.34 Å². The topological polar surface area (TPSA) is 42.2 Å². The van der Waals surface area contributed by atoms with E-state index in [9.17, 15) is 14.3 Å². The lowest BCUT2D eigenvalue weighted by Gasteiger charge is -2.06. The molecule has 0 fully saturated rings. The van der Waals surface area contributed by atoms with Gasteiger partial charge in [-0.1, -0.05) is 11.6 Å². The Labute approximate surface area is 122 Å². The first-order valence-corrected chi connectivity index (χ1v) is 7.00. The Bertz CT molecular complexity index is 809. The van der Waals surface area contributed by atoms with E-state index in [1.807, 2.05) is 6.07 Å². The number of hydrogen-bond donors (Lipinski definition) is 1. The number of thiophene rings is 1. The number of hydrogen-bond acceptors (Lipinski definition) is 2. The minimum Gasteiger partial charge on any atom is -0.477 e. The summed E-state index contributed by atoms with van der Waals surface area (Å²) in [6, 6.07) is 9.39. The molecule has 3 nitrogen and oxygen atoms in total. The number of rotatable bonds is 3. The zero-order valence-corrected chi connectivity index (χ0v) is 11.7. The third-order valence-electron chi connectivity index (χ3n) is 3.03. The van der Waals surface area contributed by atoms with Crippen molar-refractivity contribution < 1.29 is 14.3 Å². The fourth-order valence-corrected chi connectivity index (χ4v) is 3.24. The van der Waals surface area contributed by atoms with Crippen LogP contribution in [0.25, 0.3) is 10.9 Å². The molecule has 0 spiro atoms. The predicted octanol–water partition coefficient (Wildman–Crippen LogP) is 4.24. The smallest absolute Gasteiger partial charge is 0.352 e. The normalized spacial score (nSPS) is 11.1. The molecule has 3 rings (SSSR count). The van der Waals surface area contributed by atoms with E-state index in [0.29, 0.717) is 21.8 Å². The third kappa shape index (κ3) is 2.30. The standard InChI is InChI=1S/C14H9ClFNO2S/c15-13-4-3-10(20-13)7-17-11-6-9(16)2-1-8(11)5-12(17)14(18)19/h1-6H,7H2,(H,18,19). The van der Waals surface area contributed by atoms with Crippen LogP contribution in [-0.4, -0.2) is 15.6 Å². The lowest BCUT2D eigenvalue weighted by Crippen LogP contribution is -2.08.